The summed E-state index contributed by atoms with van der Waals surface area (Å²) < 4.78 is 26.3. The Hall–Kier alpha value is -1.69. The van der Waals surface area contributed by atoms with E-state index in [2.05, 4.69) is 10.6 Å². The summed E-state index contributed by atoms with van der Waals surface area (Å²) in [5, 5.41) is 15.2. The van der Waals surface area contributed by atoms with E-state index in [0.717, 1.165) is 25.3 Å². The van der Waals surface area contributed by atoms with Crippen molar-refractivity contribution < 1.29 is 18.7 Å². The molecule has 0 spiro atoms. The Morgan fingerprint density at radius 1 is 1.26 bits per heavy atom. The minimum absolute atomic E-state index is 0.0290. The summed E-state index contributed by atoms with van der Waals surface area (Å²) in [4.78, 5) is 12.0. The van der Waals surface area contributed by atoms with Crippen LogP contribution in [0.2, 0.25) is 0 Å². The number of carbonyl (C=O) groups is 1. The number of benzene rings is 1. The van der Waals surface area contributed by atoms with Gasteiger partial charge < -0.3 is 15.7 Å². The van der Waals surface area contributed by atoms with Crippen LogP contribution in [0.15, 0.2) is 18.2 Å². The van der Waals surface area contributed by atoms with Gasteiger partial charge in [0.25, 0.3) is 0 Å². The molecule has 0 aliphatic heterocycles. The second-order valence-electron chi connectivity index (χ2n) is 6.59. The number of aliphatic hydroxyl groups excluding tert-OH is 1. The summed E-state index contributed by atoms with van der Waals surface area (Å²) in [5.41, 5.74) is 0.375. The molecule has 2 aliphatic carbocycles. The fraction of sp³-hybridized carbons (Fsp3) is 0.588. The number of nitrogens with one attached hydrogen (secondary N) is 2. The Bertz CT molecular complexity index is 582. The van der Waals surface area contributed by atoms with Crippen molar-refractivity contribution in [2.24, 2.45) is 17.8 Å². The van der Waals surface area contributed by atoms with Crippen LogP contribution in [0.1, 0.15) is 24.8 Å². The molecule has 1 aromatic carbocycles. The Morgan fingerprint density at radius 2 is 2.04 bits per heavy atom. The monoisotopic (exact) mass is 324 g/mol. The molecule has 3 N–H and O–H groups in total. The maximum Gasteiger partial charge on any atom is 0.315 e. The van der Waals surface area contributed by atoms with E-state index in [-0.39, 0.29) is 31.1 Å². The van der Waals surface area contributed by atoms with Crippen molar-refractivity contribution in [3.8, 4) is 0 Å². The third-order valence-corrected chi connectivity index (χ3v) is 5.29. The van der Waals surface area contributed by atoms with Crippen LogP contribution in [-0.4, -0.2) is 30.3 Å². The lowest BCUT2D eigenvalue weighted by Crippen LogP contribution is -2.49. The van der Waals surface area contributed by atoms with Gasteiger partial charge in [0.05, 0.1) is 0 Å². The predicted molar refractivity (Wildman–Crippen MR) is 81.8 cm³/mol. The molecule has 2 fully saturated rings. The lowest BCUT2D eigenvalue weighted by molar-refractivity contribution is 0.144. The second-order valence-corrected chi connectivity index (χ2v) is 6.59. The predicted octanol–water partition coefficient (Wildman–Crippen LogP) is 2.21. The highest BCUT2D eigenvalue weighted by Crippen LogP contribution is 2.48. The van der Waals surface area contributed by atoms with Gasteiger partial charge in [-0.25, -0.2) is 13.6 Å². The van der Waals surface area contributed by atoms with Crippen molar-refractivity contribution in [2.75, 3.05) is 13.2 Å². The summed E-state index contributed by atoms with van der Waals surface area (Å²) in [5.74, 6) is -0.0842. The Balaban J connectivity index is 1.46. The molecule has 126 valence electrons. The number of rotatable bonds is 5. The number of hydrogen-bond donors (Lipinski definition) is 3. The number of urea groups is 1. The summed E-state index contributed by atoms with van der Waals surface area (Å²) in [6, 6.07) is 3.18. The SMILES string of the molecule is O=C(NCCc1ccc(F)cc1F)NC1C2CCC(C2)C1CO. The van der Waals surface area contributed by atoms with E-state index in [0.29, 0.717) is 23.8 Å². The molecule has 0 aromatic heterocycles. The van der Waals surface area contributed by atoms with Crippen LogP contribution in [0, 0.1) is 29.4 Å². The van der Waals surface area contributed by atoms with E-state index in [1.807, 2.05) is 0 Å². The molecule has 3 rings (SSSR count). The van der Waals surface area contributed by atoms with Crippen LogP contribution in [0.25, 0.3) is 0 Å². The van der Waals surface area contributed by atoms with Crippen LogP contribution in [0.5, 0.6) is 0 Å². The molecule has 0 heterocycles. The van der Waals surface area contributed by atoms with E-state index in [1.165, 1.54) is 12.1 Å². The first-order chi connectivity index (χ1) is 11.1. The molecule has 2 saturated carbocycles. The first-order valence-electron chi connectivity index (χ1n) is 8.17. The van der Waals surface area contributed by atoms with Crippen LogP contribution in [-0.2, 0) is 6.42 Å². The molecule has 2 aliphatic rings. The zero-order valence-corrected chi connectivity index (χ0v) is 12.9. The summed E-state index contributed by atoms with van der Waals surface area (Å²) in [7, 11) is 0. The van der Waals surface area contributed by atoms with Crippen molar-refractivity contribution >= 4 is 6.03 Å². The Kier molecular flexibility index (Phi) is 4.80. The van der Waals surface area contributed by atoms with E-state index >= 15 is 0 Å². The van der Waals surface area contributed by atoms with Crippen LogP contribution < -0.4 is 10.6 Å². The first-order valence-corrected chi connectivity index (χ1v) is 8.17. The lowest BCUT2D eigenvalue weighted by atomic mass is 9.85. The zero-order valence-electron chi connectivity index (χ0n) is 12.9. The number of halogens is 2. The highest BCUT2D eigenvalue weighted by molar-refractivity contribution is 5.74. The third-order valence-electron chi connectivity index (χ3n) is 5.29. The van der Waals surface area contributed by atoms with Crippen LogP contribution in [0.3, 0.4) is 0 Å². The number of aliphatic hydroxyl groups is 1. The molecular formula is C17H22F2N2O2. The van der Waals surface area contributed by atoms with Gasteiger partial charge in [0.2, 0.25) is 0 Å². The van der Waals surface area contributed by atoms with E-state index < -0.39 is 11.6 Å². The van der Waals surface area contributed by atoms with Gasteiger partial charge in [-0.05, 0) is 49.1 Å². The summed E-state index contributed by atoms with van der Waals surface area (Å²) >= 11 is 0. The van der Waals surface area contributed by atoms with Gasteiger partial charge in [-0.15, -0.1) is 0 Å². The summed E-state index contributed by atoms with van der Waals surface area (Å²) in [6.07, 6.45) is 3.63. The van der Waals surface area contributed by atoms with Crippen molar-refractivity contribution in [3.63, 3.8) is 0 Å². The van der Waals surface area contributed by atoms with Crippen molar-refractivity contribution in [3.05, 3.63) is 35.4 Å². The smallest absolute Gasteiger partial charge is 0.315 e. The van der Waals surface area contributed by atoms with Crippen LogP contribution in [0.4, 0.5) is 13.6 Å². The quantitative estimate of drug-likeness (QED) is 0.778. The van der Waals surface area contributed by atoms with Gasteiger partial charge >= 0.3 is 6.03 Å². The van der Waals surface area contributed by atoms with E-state index in [1.54, 1.807) is 0 Å². The number of carbonyl (C=O) groups excluding carboxylic acids is 1. The molecule has 2 bridgehead atoms. The molecule has 23 heavy (non-hydrogen) atoms. The maximum atomic E-state index is 13.5. The van der Waals surface area contributed by atoms with E-state index in [4.69, 9.17) is 0 Å². The van der Waals surface area contributed by atoms with Gasteiger partial charge in [-0.2, -0.15) is 0 Å². The molecule has 4 nitrogen and oxygen atoms in total. The molecule has 6 heteroatoms. The minimum atomic E-state index is -0.608. The van der Waals surface area contributed by atoms with Crippen LogP contribution >= 0.6 is 0 Å². The topological polar surface area (TPSA) is 61.4 Å². The lowest BCUT2D eigenvalue weighted by Gasteiger charge is -2.30. The maximum absolute atomic E-state index is 13.5. The van der Waals surface area contributed by atoms with Gasteiger partial charge in [0.1, 0.15) is 11.6 Å². The molecule has 1 aromatic rings. The number of hydrogen-bond acceptors (Lipinski definition) is 2. The molecule has 4 unspecified atom stereocenters. The zero-order chi connectivity index (χ0) is 16.4. The largest absolute Gasteiger partial charge is 0.396 e. The van der Waals surface area contributed by atoms with Gasteiger partial charge in [0.15, 0.2) is 0 Å². The third kappa shape index (κ3) is 3.47. The normalized spacial score (nSPS) is 28.8. The first kappa shape index (κ1) is 16.2. The van der Waals surface area contributed by atoms with E-state index in [9.17, 15) is 18.7 Å². The Labute approximate surface area is 134 Å². The number of fused-ring (bicyclic) bond motifs is 2. The second kappa shape index (κ2) is 6.83. The fourth-order valence-electron chi connectivity index (χ4n) is 4.14. The van der Waals surface area contributed by atoms with Gasteiger partial charge in [-0.1, -0.05) is 6.07 Å². The molecule has 4 atom stereocenters. The number of amides is 2. The summed E-state index contributed by atoms with van der Waals surface area (Å²) in [6.45, 7) is 0.381. The van der Waals surface area contributed by atoms with Gasteiger partial charge in [0, 0.05) is 31.2 Å². The van der Waals surface area contributed by atoms with Crippen molar-refractivity contribution in [2.45, 2.75) is 31.7 Å². The average molecular weight is 324 g/mol. The molecular weight excluding hydrogens is 302 g/mol. The minimum Gasteiger partial charge on any atom is -0.396 e. The molecule has 0 radical (unpaired) electrons. The van der Waals surface area contributed by atoms with Gasteiger partial charge in [-0.3, -0.25) is 0 Å². The van der Waals surface area contributed by atoms with Crippen molar-refractivity contribution in [1.29, 1.82) is 0 Å². The highest BCUT2D eigenvalue weighted by atomic mass is 19.1. The molecule has 2 amide bonds. The van der Waals surface area contributed by atoms with Crippen molar-refractivity contribution in [1.82, 2.24) is 10.6 Å². The Morgan fingerprint density at radius 3 is 2.78 bits per heavy atom. The fourth-order valence-corrected chi connectivity index (χ4v) is 4.14. The standard InChI is InChI=1S/C17H22F2N2O2/c18-13-4-3-10(15(19)8-13)5-6-20-17(23)21-16-12-2-1-11(7-12)14(16)9-22/h3-4,8,11-12,14,16,22H,1-2,5-7,9H2,(H2,20,21,23). The highest BCUT2D eigenvalue weighted by Gasteiger charge is 2.47. The average Bonchev–Trinajstić information content (AvgIpc) is 3.10. The molecule has 0 saturated heterocycles.